The van der Waals surface area contributed by atoms with Gasteiger partial charge in [0.05, 0.1) is 6.10 Å². The van der Waals surface area contributed by atoms with Gasteiger partial charge in [0.2, 0.25) is 5.88 Å². The first-order chi connectivity index (χ1) is 10.8. The average Bonchev–Trinajstić information content (AvgIpc) is 2.45. The maximum atomic E-state index is 12.0. The minimum Gasteiger partial charge on any atom is -0.493 e. The molecule has 122 valence electrons. The minimum atomic E-state index is -1.28. The van der Waals surface area contributed by atoms with E-state index in [0.29, 0.717) is 0 Å². The maximum absolute atomic E-state index is 12.0. The first kappa shape index (κ1) is 16.3. The van der Waals surface area contributed by atoms with Gasteiger partial charge in [-0.1, -0.05) is 0 Å². The van der Waals surface area contributed by atoms with E-state index >= 15 is 0 Å². The summed E-state index contributed by atoms with van der Waals surface area (Å²) in [5.41, 5.74) is -1.56. The third kappa shape index (κ3) is 3.39. The second kappa shape index (κ2) is 6.34. The third-order valence-corrected chi connectivity index (χ3v) is 2.79. The van der Waals surface area contributed by atoms with Crippen LogP contribution < -0.4 is 15.6 Å². The molecule has 9 nitrogen and oxygen atoms in total. The number of aromatic nitrogens is 2. The van der Waals surface area contributed by atoms with Gasteiger partial charge in [-0.25, -0.2) is 0 Å². The monoisotopic (exact) mass is 321 g/mol. The number of hydrogen-bond acceptors (Lipinski definition) is 6. The van der Waals surface area contributed by atoms with E-state index in [0.717, 1.165) is 4.40 Å². The Bertz CT molecular complexity index is 827. The van der Waals surface area contributed by atoms with Crippen LogP contribution in [0, 0.1) is 0 Å². The summed E-state index contributed by atoms with van der Waals surface area (Å²) < 4.78 is 6.63. The number of amides is 1. The smallest absolute Gasteiger partial charge is 0.322 e. The van der Waals surface area contributed by atoms with E-state index in [9.17, 15) is 19.5 Å². The van der Waals surface area contributed by atoms with E-state index in [1.165, 1.54) is 6.20 Å². The molecule has 0 saturated carbocycles. The highest BCUT2D eigenvalue weighted by molar-refractivity contribution is 5.97. The van der Waals surface area contributed by atoms with Gasteiger partial charge in [-0.15, -0.1) is 0 Å². The number of aliphatic carboxylic acids is 1. The number of carbonyl (C=O) groups is 2. The Morgan fingerprint density at radius 3 is 2.74 bits per heavy atom. The zero-order valence-electron chi connectivity index (χ0n) is 12.4. The summed E-state index contributed by atoms with van der Waals surface area (Å²) in [6.45, 7) is 2.89. The lowest BCUT2D eigenvalue weighted by Crippen LogP contribution is -2.34. The highest BCUT2D eigenvalue weighted by Crippen LogP contribution is 2.23. The molecule has 2 heterocycles. The van der Waals surface area contributed by atoms with Gasteiger partial charge in [0.25, 0.3) is 11.5 Å². The van der Waals surface area contributed by atoms with Crippen LogP contribution in [0.3, 0.4) is 0 Å². The molecule has 0 aliphatic rings. The number of hydrogen-bond donors (Lipinski definition) is 3. The molecular weight excluding hydrogens is 306 g/mol. The lowest BCUT2D eigenvalue weighted by molar-refractivity contribution is -0.135. The fourth-order valence-electron chi connectivity index (χ4n) is 1.92. The van der Waals surface area contributed by atoms with E-state index in [1.54, 1.807) is 26.0 Å². The van der Waals surface area contributed by atoms with Gasteiger partial charge in [0, 0.05) is 6.20 Å². The zero-order chi connectivity index (χ0) is 17.1. The van der Waals surface area contributed by atoms with E-state index in [-0.39, 0.29) is 17.5 Å². The van der Waals surface area contributed by atoms with Crippen LogP contribution in [0.15, 0.2) is 23.1 Å². The van der Waals surface area contributed by atoms with Crippen LogP contribution in [0.2, 0.25) is 0 Å². The largest absolute Gasteiger partial charge is 0.493 e. The Morgan fingerprint density at radius 1 is 1.43 bits per heavy atom. The van der Waals surface area contributed by atoms with E-state index in [1.807, 2.05) is 5.32 Å². The Labute approximate surface area is 130 Å². The van der Waals surface area contributed by atoms with Crippen molar-refractivity contribution >= 4 is 17.5 Å². The fourth-order valence-corrected chi connectivity index (χ4v) is 1.92. The predicted octanol–water partition coefficient (Wildman–Crippen LogP) is 0.00170. The molecule has 23 heavy (non-hydrogen) atoms. The van der Waals surface area contributed by atoms with Gasteiger partial charge >= 0.3 is 5.97 Å². The van der Waals surface area contributed by atoms with Crippen LogP contribution in [0.1, 0.15) is 24.2 Å². The number of pyridine rings is 1. The normalized spacial score (nSPS) is 10.7. The van der Waals surface area contributed by atoms with Crippen molar-refractivity contribution in [3.8, 4) is 11.6 Å². The summed E-state index contributed by atoms with van der Waals surface area (Å²) in [6.07, 6.45) is 1.22. The summed E-state index contributed by atoms with van der Waals surface area (Å²) in [5.74, 6) is -2.67. The van der Waals surface area contributed by atoms with Crippen molar-refractivity contribution < 1.29 is 24.5 Å². The Balaban J connectivity index is 2.56. The molecule has 3 N–H and O–H groups in total. The molecule has 0 bridgehead atoms. The SMILES string of the molecule is CC(C)Oc1cccn2c(O)c(C(=O)NCC(=O)O)c(=O)nc12. The highest BCUT2D eigenvalue weighted by Gasteiger charge is 2.21. The second-order valence-electron chi connectivity index (χ2n) is 4.92. The molecule has 0 aromatic carbocycles. The van der Waals surface area contributed by atoms with Gasteiger partial charge in [-0.3, -0.25) is 18.8 Å². The van der Waals surface area contributed by atoms with Crippen LogP contribution in [0.25, 0.3) is 5.65 Å². The first-order valence-corrected chi connectivity index (χ1v) is 6.72. The Hall–Kier alpha value is -3.10. The summed E-state index contributed by atoms with van der Waals surface area (Å²) >= 11 is 0. The second-order valence-corrected chi connectivity index (χ2v) is 4.92. The molecule has 2 aromatic rings. The van der Waals surface area contributed by atoms with Crippen LogP contribution in [0.4, 0.5) is 0 Å². The number of carboxylic acid groups (broad SMARTS) is 1. The van der Waals surface area contributed by atoms with Crippen molar-refractivity contribution in [3.05, 3.63) is 34.2 Å². The minimum absolute atomic E-state index is 0.0542. The molecule has 2 rings (SSSR count). The number of nitrogens with zero attached hydrogens (tertiary/aromatic N) is 2. The molecule has 0 spiro atoms. The lowest BCUT2D eigenvalue weighted by Gasteiger charge is -2.13. The van der Waals surface area contributed by atoms with E-state index in [2.05, 4.69) is 4.98 Å². The summed E-state index contributed by atoms with van der Waals surface area (Å²) in [6, 6.07) is 3.13. The molecule has 9 heteroatoms. The topological polar surface area (TPSA) is 130 Å². The van der Waals surface area contributed by atoms with Gasteiger partial charge < -0.3 is 20.3 Å². The quantitative estimate of drug-likeness (QED) is 0.706. The van der Waals surface area contributed by atoms with Gasteiger partial charge in [-0.2, -0.15) is 4.98 Å². The molecular formula is C14H15N3O6. The number of carboxylic acids is 1. The van der Waals surface area contributed by atoms with Gasteiger partial charge in [0.15, 0.2) is 17.0 Å². The fraction of sp³-hybridized carbons (Fsp3) is 0.286. The molecule has 0 saturated heterocycles. The molecule has 1 amide bonds. The number of rotatable bonds is 5. The number of fused-ring (bicyclic) bond motifs is 1. The standard InChI is InChI=1S/C14H15N3O6/c1-7(2)23-8-4-3-5-17-11(8)16-13(21)10(14(17)22)12(20)15-6-9(18)19/h3-5,7,22H,6H2,1-2H3,(H,15,20)(H,18,19). The van der Waals surface area contributed by atoms with Gasteiger partial charge in [0.1, 0.15) is 6.54 Å². The van der Waals surface area contributed by atoms with Crippen LogP contribution in [-0.2, 0) is 4.79 Å². The number of aromatic hydroxyl groups is 1. The maximum Gasteiger partial charge on any atom is 0.322 e. The molecule has 2 aromatic heterocycles. The van der Waals surface area contributed by atoms with Crippen molar-refractivity contribution in [1.29, 1.82) is 0 Å². The van der Waals surface area contributed by atoms with Crippen molar-refractivity contribution in [2.45, 2.75) is 20.0 Å². The molecule has 0 aliphatic carbocycles. The van der Waals surface area contributed by atoms with Gasteiger partial charge in [-0.05, 0) is 26.0 Å². The number of nitrogens with one attached hydrogen (secondary N) is 1. The molecule has 0 atom stereocenters. The molecule has 0 aliphatic heterocycles. The highest BCUT2D eigenvalue weighted by atomic mass is 16.5. The van der Waals surface area contributed by atoms with Crippen molar-refractivity contribution in [3.63, 3.8) is 0 Å². The average molecular weight is 321 g/mol. The summed E-state index contributed by atoms with van der Waals surface area (Å²) in [4.78, 5) is 38.1. The number of carbonyl (C=O) groups excluding carboxylic acids is 1. The molecule has 0 unspecified atom stereocenters. The molecule has 0 radical (unpaired) electrons. The summed E-state index contributed by atoms with van der Waals surface area (Å²) in [7, 11) is 0. The number of ether oxygens (including phenoxy) is 1. The first-order valence-electron chi connectivity index (χ1n) is 6.72. The Morgan fingerprint density at radius 2 is 2.13 bits per heavy atom. The lowest BCUT2D eigenvalue weighted by atomic mass is 10.2. The molecule has 0 fully saturated rings. The van der Waals surface area contributed by atoms with E-state index in [4.69, 9.17) is 9.84 Å². The zero-order valence-corrected chi connectivity index (χ0v) is 12.4. The Kier molecular flexibility index (Phi) is 4.49. The summed E-state index contributed by atoms with van der Waals surface area (Å²) in [5, 5.41) is 20.7. The van der Waals surface area contributed by atoms with Crippen molar-refractivity contribution in [2.24, 2.45) is 0 Å². The van der Waals surface area contributed by atoms with Crippen LogP contribution in [-0.4, -0.2) is 44.1 Å². The van der Waals surface area contributed by atoms with E-state index < -0.39 is 35.4 Å². The third-order valence-electron chi connectivity index (χ3n) is 2.79. The predicted molar refractivity (Wildman–Crippen MR) is 78.9 cm³/mol. The van der Waals surface area contributed by atoms with Crippen LogP contribution >= 0.6 is 0 Å². The van der Waals surface area contributed by atoms with Crippen LogP contribution in [0.5, 0.6) is 11.6 Å². The van der Waals surface area contributed by atoms with Crippen molar-refractivity contribution in [2.75, 3.05) is 6.54 Å². The van der Waals surface area contributed by atoms with Crippen molar-refractivity contribution in [1.82, 2.24) is 14.7 Å².